The molecule has 4 aromatic carbocycles. The van der Waals surface area contributed by atoms with Crippen molar-refractivity contribution in [2.45, 2.75) is 6.10 Å². The molecule has 1 unspecified atom stereocenters. The quantitative estimate of drug-likeness (QED) is 0.211. The molecule has 0 aliphatic heterocycles. The first-order valence-electron chi connectivity index (χ1n) is 13.4. The molecule has 0 saturated carbocycles. The van der Waals surface area contributed by atoms with Crippen LogP contribution in [0.4, 0.5) is 16.2 Å². The molecule has 0 bridgehead atoms. The molecule has 4 rings (SSSR count). The minimum Gasteiger partial charge on any atom is -0.774 e. The fourth-order valence-electron chi connectivity index (χ4n) is 4.47. The van der Waals surface area contributed by atoms with Crippen molar-refractivity contribution in [2.75, 3.05) is 38.0 Å². The Hall–Kier alpha value is -4.42. The molecule has 4 aromatic rings. The highest BCUT2D eigenvalue weighted by molar-refractivity contribution is 7.68. The second-order valence-corrected chi connectivity index (χ2v) is 11.7. The van der Waals surface area contributed by atoms with Crippen LogP contribution in [0.2, 0.25) is 0 Å². The lowest BCUT2D eigenvalue weighted by atomic mass is 9.93. The zero-order valence-electron chi connectivity index (χ0n) is 24.0. The van der Waals surface area contributed by atoms with E-state index in [-0.39, 0.29) is 0 Å². The molecule has 0 heterocycles. The summed E-state index contributed by atoms with van der Waals surface area (Å²) in [4.78, 5) is 28.1. The van der Waals surface area contributed by atoms with Gasteiger partial charge in [-0.25, -0.2) is 0 Å². The lowest BCUT2D eigenvalue weighted by Crippen LogP contribution is -2.29. The number of anilines is 2. The van der Waals surface area contributed by atoms with Crippen molar-refractivity contribution in [1.29, 1.82) is 0 Å². The van der Waals surface area contributed by atoms with E-state index >= 15 is 0 Å². The number of hydrogen-bond acceptors (Lipinski definition) is 7. The number of carboxylic acid groups (broad SMARTS) is 1. The molecule has 8 heteroatoms. The third kappa shape index (κ3) is 7.65. The number of nitrogens with zero attached hydrogens (tertiary/aromatic N) is 2. The highest BCUT2D eigenvalue weighted by Gasteiger charge is 2.19. The summed E-state index contributed by atoms with van der Waals surface area (Å²) in [5, 5.41) is 11.5. The molecule has 216 valence electrons. The number of rotatable bonds is 11. The van der Waals surface area contributed by atoms with Gasteiger partial charge in [-0.2, -0.15) is 0 Å². The SMILES string of the molecule is CN(C)c1ccc(/C(=C\C(/C=C(/c2ccccc2)c2ccc(N(C)C)cc2)OP(=O)([O-])C(=O)[O-])c2ccccc2)cc1. The highest BCUT2D eigenvalue weighted by Crippen LogP contribution is 2.40. The third-order valence-corrected chi connectivity index (χ3v) is 7.67. The summed E-state index contributed by atoms with van der Waals surface area (Å²) in [5.74, 6) is 0. The van der Waals surface area contributed by atoms with Gasteiger partial charge in [0.15, 0.2) is 7.60 Å². The molecule has 1 atom stereocenters. The summed E-state index contributed by atoms with van der Waals surface area (Å²) in [6.45, 7) is 0. The maximum absolute atomic E-state index is 12.6. The minimum atomic E-state index is -5.39. The van der Waals surface area contributed by atoms with E-state index < -0.39 is 19.4 Å². The van der Waals surface area contributed by atoms with Gasteiger partial charge in [0.1, 0.15) is 11.8 Å². The van der Waals surface area contributed by atoms with Crippen molar-refractivity contribution in [2.24, 2.45) is 0 Å². The molecular formula is C34H33N2O5P-2. The zero-order chi connectivity index (χ0) is 30.3. The summed E-state index contributed by atoms with van der Waals surface area (Å²) in [6, 6.07) is 34.5. The predicted molar refractivity (Wildman–Crippen MR) is 166 cm³/mol. The number of carbonyl (C=O) groups excluding carboxylic acids is 1. The Labute approximate surface area is 247 Å². The van der Waals surface area contributed by atoms with E-state index in [4.69, 9.17) is 4.52 Å². The van der Waals surface area contributed by atoms with Crippen LogP contribution in [0, 0.1) is 0 Å². The summed E-state index contributed by atoms with van der Waals surface area (Å²) < 4.78 is 17.9. The topological polar surface area (TPSA) is 96.0 Å². The highest BCUT2D eigenvalue weighted by atomic mass is 31.2. The summed E-state index contributed by atoms with van der Waals surface area (Å²) in [5.41, 5.74) is 4.29. The van der Waals surface area contributed by atoms with E-state index in [1.54, 1.807) is 12.2 Å². The average Bonchev–Trinajstić information content (AvgIpc) is 2.99. The van der Waals surface area contributed by atoms with Crippen LogP contribution < -0.4 is 19.8 Å². The third-order valence-electron chi connectivity index (χ3n) is 6.70. The molecule has 0 radical (unpaired) electrons. The van der Waals surface area contributed by atoms with E-state index in [2.05, 4.69) is 0 Å². The first kappa shape index (κ1) is 30.5. The van der Waals surface area contributed by atoms with Crippen LogP contribution in [0.3, 0.4) is 0 Å². The van der Waals surface area contributed by atoms with Crippen LogP contribution in [-0.2, 0) is 9.09 Å². The fourth-order valence-corrected chi connectivity index (χ4v) is 5.00. The molecule has 0 N–H and O–H groups in total. The van der Waals surface area contributed by atoms with Gasteiger partial charge in [-0.05, 0) is 69.8 Å². The number of benzene rings is 4. The van der Waals surface area contributed by atoms with E-state index in [1.807, 2.05) is 147 Å². The van der Waals surface area contributed by atoms with Crippen molar-refractivity contribution in [1.82, 2.24) is 0 Å². The molecule has 0 aliphatic rings. The van der Waals surface area contributed by atoms with E-state index in [1.165, 1.54) is 0 Å². The normalized spacial score (nSPS) is 14.1. The van der Waals surface area contributed by atoms with E-state index in [9.17, 15) is 19.4 Å². The van der Waals surface area contributed by atoms with Gasteiger partial charge in [0.2, 0.25) is 0 Å². The molecule has 0 aromatic heterocycles. The largest absolute Gasteiger partial charge is 0.774 e. The lowest BCUT2D eigenvalue weighted by Gasteiger charge is -2.28. The Morgan fingerprint density at radius 1 is 0.643 bits per heavy atom. The van der Waals surface area contributed by atoms with E-state index in [0.29, 0.717) is 11.1 Å². The Bertz CT molecular complexity index is 1490. The molecule has 0 spiro atoms. The standard InChI is InChI=1S/C34H35N2O5P/c1-35(2)29-19-15-27(16-20-29)32(25-11-7-5-8-12-25)23-31(41-42(39,40)34(37)38)24-33(26-13-9-6-10-14-26)28-17-21-30(22-18-28)36(3)4/h5-24,31H,1-4H3,(H,37,38)(H,39,40)/p-2/b32-23-,33-24-. The monoisotopic (exact) mass is 580 g/mol. The summed E-state index contributed by atoms with van der Waals surface area (Å²) in [7, 11) is 2.39. The molecular weight excluding hydrogens is 547 g/mol. The number of carbonyl (C=O) groups is 1. The van der Waals surface area contributed by atoms with Crippen LogP contribution in [0.25, 0.3) is 11.1 Å². The van der Waals surface area contributed by atoms with Gasteiger partial charge in [0, 0.05) is 39.6 Å². The summed E-state index contributed by atoms with van der Waals surface area (Å²) in [6.07, 6.45) is 1.98. The molecule has 0 fully saturated rings. The molecule has 0 amide bonds. The second-order valence-electron chi connectivity index (χ2n) is 10.1. The summed E-state index contributed by atoms with van der Waals surface area (Å²) >= 11 is 0. The van der Waals surface area contributed by atoms with Gasteiger partial charge in [0.05, 0.1) is 0 Å². The van der Waals surface area contributed by atoms with Crippen LogP contribution in [0.5, 0.6) is 0 Å². The van der Waals surface area contributed by atoms with Crippen molar-refractivity contribution in [3.8, 4) is 0 Å². The van der Waals surface area contributed by atoms with Gasteiger partial charge in [-0.1, -0.05) is 84.9 Å². The average molecular weight is 581 g/mol. The maximum Gasteiger partial charge on any atom is 0.181 e. The smallest absolute Gasteiger partial charge is 0.181 e. The van der Waals surface area contributed by atoms with Gasteiger partial charge in [0.25, 0.3) is 0 Å². The Kier molecular flexibility index (Phi) is 9.81. The minimum absolute atomic E-state index is 0.677. The predicted octanol–water partition coefficient (Wildman–Crippen LogP) is 5.66. The van der Waals surface area contributed by atoms with Gasteiger partial charge in [-0.3, -0.25) is 0 Å². The Morgan fingerprint density at radius 2 is 0.976 bits per heavy atom. The van der Waals surface area contributed by atoms with Gasteiger partial charge < -0.3 is 33.7 Å². The maximum atomic E-state index is 12.6. The van der Waals surface area contributed by atoms with Crippen molar-refractivity contribution in [3.05, 3.63) is 144 Å². The van der Waals surface area contributed by atoms with Crippen LogP contribution in [-0.4, -0.2) is 40.0 Å². The van der Waals surface area contributed by atoms with Crippen molar-refractivity contribution >= 4 is 35.8 Å². The molecule has 0 saturated heterocycles. The molecule has 7 nitrogen and oxygen atoms in total. The number of hydrogen-bond donors (Lipinski definition) is 0. The zero-order valence-corrected chi connectivity index (χ0v) is 24.9. The van der Waals surface area contributed by atoms with Crippen LogP contribution >= 0.6 is 7.60 Å². The van der Waals surface area contributed by atoms with E-state index in [0.717, 1.165) is 33.6 Å². The van der Waals surface area contributed by atoms with Crippen molar-refractivity contribution in [3.63, 3.8) is 0 Å². The van der Waals surface area contributed by atoms with Crippen LogP contribution in [0.1, 0.15) is 22.3 Å². The van der Waals surface area contributed by atoms with Gasteiger partial charge in [-0.15, -0.1) is 0 Å². The van der Waals surface area contributed by atoms with Gasteiger partial charge >= 0.3 is 0 Å². The lowest BCUT2D eigenvalue weighted by molar-refractivity contribution is -0.257. The second kappa shape index (κ2) is 13.5. The Balaban J connectivity index is 1.94. The molecule has 0 aliphatic carbocycles. The van der Waals surface area contributed by atoms with Crippen molar-refractivity contribution < 1.29 is 23.9 Å². The first-order valence-corrected chi connectivity index (χ1v) is 14.9. The van der Waals surface area contributed by atoms with Crippen LogP contribution in [0.15, 0.2) is 121 Å². The molecule has 42 heavy (non-hydrogen) atoms. The fraction of sp³-hybridized carbons (Fsp3) is 0.147. The Morgan fingerprint density at radius 3 is 1.29 bits per heavy atom. The first-order chi connectivity index (χ1) is 20.0.